The van der Waals surface area contributed by atoms with Crippen molar-refractivity contribution in [2.45, 2.75) is 32.2 Å². The number of rotatable bonds is 20. The van der Waals surface area contributed by atoms with Crippen molar-refractivity contribution in [2.75, 3.05) is 52.4 Å². The molecule has 0 amide bonds. The third-order valence-corrected chi connectivity index (χ3v) is 4.66. The highest BCUT2D eigenvalue weighted by Crippen LogP contribution is 2.11. The molecule has 0 aromatic rings. The van der Waals surface area contributed by atoms with Gasteiger partial charge in [0.05, 0.1) is 26.2 Å². The second-order valence-electron chi connectivity index (χ2n) is 7.32. The Morgan fingerprint density at radius 3 is 1.27 bits per heavy atom. The maximum absolute atomic E-state index is 11.9. The van der Waals surface area contributed by atoms with Crippen LogP contribution in [0.25, 0.3) is 0 Å². The Kier molecular flexibility index (Phi) is 14.2. The highest BCUT2D eigenvalue weighted by molar-refractivity contribution is 5.80. The van der Waals surface area contributed by atoms with Gasteiger partial charge in [0.15, 0.2) is 0 Å². The van der Waals surface area contributed by atoms with E-state index < -0.39 is 62.1 Å². The lowest BCUT2D eigenvalue weighted by Gasteiger charge is -2.32. The Balaban J connectivity index is 5.58. The zero-order valence-electron chi connectivity index (χ0n) is 18.4. The Bertz CT molecular complexity index is 641. The summed E-state index contributed by atoms with van der Waals surface area (Å²) in [5.41, 5.74) is 0. The van der Waals surface area contributed by atoms with E-state index in [0.29, 0.717) is 0 Å². The molecule has 0 heterocycles. The average molecular weight is 477 g/mol. The summed E-state index contributed by atoms with van der Waals surface area (Å²) in [5.74, 6) is -6.55. The van der Waals surface area contributed by atoms with Gasteiger partial charge in [-0.05, 0) is 6.42 Å². The predicted molar refractivity (Wildman–Crippen MR) is 111 cm³/mol. The summed E-state index contributed by atoms with van der Waals surface area (Å²) in [6.07, 6.45) is 0.103. The molecule has 0 aliphatic rings. The Labute approximate surface area is 190 Å². The second kappa shape index (κ2) is 15.7. The lowest BCUT2D eigenvalue weighted by molar-refractivity contribution is -0.146. The predicted octanol–water partition coefficient (Wildman–Crippen LogP) is -1.56. The molecular formula is C19H31N3O11. The Hall–Kier alpha value is -3.10. The highest BCUT2D eigenvalue weighted by atomic mass is 16.4. The molecule has 188 valence electrons. The topological polar surface area (TPSA) is 213 Å². The van der Waals surface area contributed by atoms with Gasteiger partial charge in [0.2, 0.25) is 0 Å². The van der Waals surface area contributed by atoms with E-state index >= 15 is 0 Å². The molecule has 0 saturated heterocycles. The van der Waals surface area contributed by atoms with Crippen LogP contribution in [0.4, 0.5) is 0 Å². The third-order valence-electron chi connectivity index (χ3n) is 4.66. The van der Waals surface area contributed by atoms with Crippen molar-refractivity contribution in [1.82, 2.24) is 14.7 Å². The summed E-state index contributed by atoms with van der Waals surface area (Å²) in [6.45, 7) is -1.26. The molecular weight excluding hydrogens is 446 g/mol. The lowest BCUT2D eigenvalue weighted by Crippen LogP contribution is -2.50. The van der Waals surface area contributed by atoms with Gasteiger partial charge in [-0.1, -0.05) is 6.92 Å². The van der Waals surface area contributed by atoms with Crippen LogP contribution in [-0.2, 0) is 28.8 Å². The third kappa shape index (κ3) is 14.6. The van der Waals surface area contributed by atoms with Crippen LogP contribution in [0.2, 0.25) is 0 Å². The van der Waals surface area contributed by atoms with Crippen LogP contribution >= 0.6 is 0 Å². The Morgan fingerprint density at radius 1 is 0.636 bits per heavy atom. The van der Waals surface area contributed by atoms with E-state index in [1.807, 2.05) is 0 Å². The molecule has 0 aromatic carbocycles. The van der Waals surface area contributed by atoms with Gasteiger partial charge in [0.25, 0.3) is 0 Å². The van der Waals surface area contributed by atoms with E-state index in [4.69, 9.17) is 20.4 Å². The number of carbonyl (C=O) groups is 6. The molecule has 14 nitrogen and oxygen atoms in total. The van der Waals surface area contributed by atoms with Crippen molar-refractivity contribution in [3.63, 3.8) is 0 Å². The molecule has 0 radical (unpaired) electrons. The normalized spacial score (nSPS) is 12.1. The fraction of sp³-hybridized carbons (Fsp3) is 0.684. The number of carboxylic acid groups (broad SMARTS) is 5. The van der Waals surface area contributed by atoms with Crippen molar-refractivity contribution in [2.24, 2.45) is 0 Å². The summed E-state index contributed by atoms with van der Waals surface area (Å²) in [5, 5.41) is 45.6. The summed E-state index contributed by atoms with van der Waals surface area (Å²) in [6, 6.07) is -1.20. The summed E-state index contributed by atoms with van der Waals surface area (Å²) in [7, 11) is 0. The van der Waals surface area contributed by atoms with Crippen LogP contribution in [-0.4, -0.2) is 134 Å². The minimum atomic E-state index is -1.28. The summed E-state index contributed by atoms with van der Waals surface area (Å²) < 4.78 is 0. The first kappa shape index (κ1) is 29.9. The smallest absolute Gasteiger partial charge is 0.320 e. The van der Waals surface area contributed by atoms with E-state index in [1.54, 1.807) is 6.92 Å². The molecule has 0 spiro atoms. The first-order valence-corrected chi connectivity index (χ1v) is 10.2. The van der Waals surface area contributed by atoms with Gasteiger partial charge in [-0.15, -0.1) is 0 Å². The minimum Gasteiger partial charge on any atom is -0.480 e. The van der Waals surface area contributed by atoms with Gasteiger partial charge in [0.1, 0.15) is 11.8 Å². The lowest BCUT2D eigenvalue weighted by atomic mass is 10.1. The quantitative estimate of drug-likeness (QED) is 0.134. The molecule has 0 bridgehead atoms. The molecule has 33 heavy (non-hydrogen) atoms. The molecule has 0 saturated carbocycles. The highest BCUT2D eigenvalue weighted by Gasteiger charge is 2.28. The minimum absolute atomic E-state index is 0.0358. The van der Waals surface area contributed by atoms with E-state index in [1.165, 1.54) is 4.90 Å². The molecule has 5 N–H and O–H groups in total. The van der Waals surface area contributed by atoms with Gasteiger partial charge >= 0.3 is 29.8 Å². The van der Waals surface area contributed by atoms with E-state index in [-0.39, 0.29) is 51.2 Å². The Morgan fingerprint density at radius 2 is 1.00 bits per heavy atom. The maximum Gasteiger partial charge on any atom is 0.320 e. The van der Waals surface area contributed by atoms with Crippen molar-refractivity contribution in [1.29, 1.82) is 0 Å². The second-order valence-corrected chi connectivity index (χ2v) is 7.32. The number of hydrogen-bond acceptors (Lipinski definition) is 9. The van der Waals surface area contributed by atoms with Crippen molar-refractivity contribution < 1.29 is 54.3 Å². The molecule has 1 atom stereocenters. The standard InChI is InChI=1S/C19H31N3O11/c1-2-13(23)3-4-14(19(32)33)22(7-5-20(9-15(24)25)10-16(26)27)8-6-21(11-17(28)29)12-18(30)31/h14H,2-12H2,1H3,(H,24,25)(H,26,27)(H,28,29)(H,30,31)(H,32,33). The summed E-state index contributed by atoms with van der Waals surface area (Å²) >= 11 is 0. The summed E-state index contributed by atoms with van der Waals surface area (Å²) in [4.78, 5) is 71.1. The number of carboxylic acids is 5. The first-order chi connectivity index (χ1) is 15.3. The van der Waals surface area contributed by atoms with Crippen molar-refractivity contribution in [3.8, 4) is 0 Å². The van der Waals surface area contributed by atoms with Crippen LogP contribution in [0.15, 0.2) is 0 Å². The van der Waals surface area contributed by atoms with Crippen molar-refractivity contribution >= 4 is 35.6 Å². The number of carbonyl (C=O) groups excluding carboxylic acids is 1. The zero-order valence-corrected chi connectivity index (χ0v) is 18.4. The molecule has 0 aromatic heterocycles. The maximum atomic E-state index is 11.9. The number of ketones is 1. The fourth-order valence-corrected chi connectivity index (χ4v) is 3.09. The zero-order chi connectivity index (χ0) is 25.6. The average Bonchev–Trinajstić information content (AvgIpc) is 2.66. The fourth-order valence-electron chi connectivity index (χ4n) is 3.09. The molecule has 1 unspecified atom stereocenters. The van der Waals surface area contributed by atoms with Gasteiger partial charge in [-0.3, -0.25) is 43.5 Å². The van der Waals surface area contributed by atoms with Crippen LogP contribution in [0.5, 0.6) is 0 Å². The number of hydrogen-bond donors (Lipinski definition) is 5. The van der Waals surface area contributed by atoms with Gasteiger partial charge < -0.3 is 25.5 Å². The molecule has 0 rings (SSSR count). The van der Waals surface area contributed by atoms with Gasteiger partial charge in [0, 0.05) is 39.0 Å². The number of Topliss-reactive ketones (excluding diaryl/α,β-unsaturated/α-hetero) is 1. The van der Waals surface area contributed by atoms with Crippen LogP contribution in [0.1, 0.15) is 26.2 Å². The van der Waals surface area contributed by atoms with Gasteiger partial charge in [-0.25, -0.2) is 0 Å². The molecule has 0 aliphatic carbocycles. The monoisotopic (exact) mass is 477 g/mol. The number of nitrogens with zero attached hydrogens (tertiary/aromatic N) is 3. The molecule has 0 aliphatic heterocycles. The van der Waals surface area contributed by atoms with E-state index in [0.717, 1.165) is 9.80 Å². The SMILES string of the molecule is CCC(=O)CCC(C(=O)O)N(CCN(CC(=O)O)CC(=O)O)CCN(CC(=O)O)CC(=O)O. The van der Waals surface area contributed by atoms with Crippen LogP contribution < -0.4 is 0 Å². The largest absolute Gasteiger partial charge is 0.480 e. The molecule has 14 heteroatoms. The van der Waals surface area contributed by atoms with E-state index in [2.05, 4.69) is 0 Å². The van der Waals surface area contributed by atoms with Gasteiger partial charge in [-0.2, -0.15) is 0 Å². The molecule has 0 fully saturated rings. The van der Waals surface area contributed by atoms with Crippen LogP contribution in [0.3, 0.4) is 0 Å². The van der Waals surface area contributed by atoms with Crippen molar-refractivity contribution in [3.05, 3.63) is 0 Å². The van der Waals surface area contributed by atoms with E-state index in [9.17, 15) is 33.9 Å². The van der Waals surface area contributed by atoms with Crippen LogP contribution in [0, 0.1) is 0 Å². The number of aliphatic carboxylic acids is 5. The first-order valence-electron chi connectivity index (χ1n) is 10.2.